The van der Waals surface area contributed by atoms with Crippen LogP contribution in [0.1, 0.15) is 10.4 Å². The van der Waals surface area contributed by atoms with Gasteiger partial charge in [-0.15, -0.1) is 11.3 Å². The first-order chi connectivity index (χ1) is 13.0. The highest BCUT2D eigenvalue weighted by Crippen LogP contribution is 2.11. The van der Waals surface area contributed by atoms with E-state index in [1.165, 1.54) is 35.6 Å². The number of benzene rings is 1. The zero-order valence-corrected chi connectivity index (χ0v) is 14.3. The summed E-state index contributed by atoms with van der Waals surface area (Å²) in [6, 6.07) is 8.24. The van der Waals surface area contributed by atoms with Crippen molar-refractivity contribution in [2.45, 2.75) is 6.54 Å². The average Bonchev–Trinajstić information content (AvgIpc) is 3.30. The summed E-state index contributed by atoms with van der Waals surface area (Å²) in [5.41, 5.74) is 3.62. The van der Waals surface area contributed by atoms with Crippen molar-refractivity contribution in [1.29, 1.82) is 0 Å². The molecule has 0 unspecified atom stereocenters. The number of amides is 2. The predicted molar refractivity (Wildman–Crippen MR) is 92.2 cm³/mol. The third-order valence-electron chi connectivity index (χ3n) is 3.30. The number of hydrazine groups is 1. The minimum Gasteiger partial charge on any atom is -0.271 e. The molecule has 138 valence electrons. The van der Waals surface area contributed by atoms with E-state index in [9.17, 15) is 24.5 Å². The van der Waals surface area contributed by atoms with Crippen molar-refractivity contribution in [3.8, 4) is 5.00 Å². The van der Waals surface area contributed by atoms with Crippen molar-refractivity contribution < 1.29 is 14.5 Å². The Morgan fingerprint density at radius 2 is 1.89 bits per heavy atom. The van der Waals surface area contributed by atoms with Crippen molar-refractivity contribution in [2.24, 2.45) is 0 Å². The Morgan fingerprint density at radius 3 is 2.52 bits per heavy atom. The van der Waals surface area contributed by atoms with Gasteiger partial charge in [-0.3, -0.25) is 30.6 Å². The first-order valence-corrected chi connectivity index (χ1v) is 8.24. The summed E-state index contributed by atoms with van der Waals surface area (Å²) in [6.07, 6.45) is 0. The highest BCUT2D eigenvalue weighted by molar-refractivity contribution is 7.12. The van der Waals surface area contributed by atoms with E-state index in [4.69, 9.17) is 0 Å². The summed E-state index contributed by atoms with van der Waals surface area (Å²) < 4.78 is 1.89. The normalized spacial score (nSPS) is 10.4. The lowest BCUT2D eigenvalue weighted by atomic mass is 10.2. The molecule has 3 aromatic rings. The maximum atomic E-state index is 12.1. The van der Waals surface area contributed by atoms with Crippen molar-refractivity contribution in [3.05, 3.63) is 67.9 Å². The summed E-state index contributed by atoms with van der Waals surface area (Å²) in [6.45, 7) is -0.454. The number of nitro groups is 1. The van der Waals surface area contributed by atoms with Gasteiger partial charge in [0.15, 0.2) is 0 Å². The second-order valence-corrected chi connectivity index (χ2v) is 6.01. The molecule has 0 aliphatic rings. The molecule has 2 aromatic heterocycles. The van der Waals surface area contributed by atoms with Crippen LogP contribution in [-0.2, 0) is 11.3 Å². The highest BCUT2D eigenvalue weighted by Gasteiger charge is 2.14. The number of nitro benzene ring substituents is 1. The van der Waals surface area contributed by atoms with Crippen LogP contribution in [-0.4, -0.2) is 36.5 Å². The van der Waals surface area contributed by atoms with Crippen molar-refractivity contribution in [3.63, 3.8) is 0 Å². The molecule has 0 aliphatic carbocycles. The number of tetrazole rings is 1. The van der Waals surface area contributed by atoms with E-state index >= 15 is 0 Å². The van der Waals surface area contributed by atoms with Crippen LogP contribution in [0.5, 0.6) is 0 Å². The van der Waals surface area contributed by atoms with Gasteiger partial charge in [0, 0.05) is 17.7 Å². The van der Waals surface area contributed by atoms with Gasteiger partial charge in [-0.2, -0.15) is 9.36 Å². The maximum Gasteiger partial charge on any atom is 0.369 e. The van der Waals surface area contributed by atoms with E-state index in [2.05, 4.69) is 21.3 Å². The predicted octanol–water partition coefficient (Wildman–Crippen LogP) is -0.140. The van der Waals surface area contributed by atoms with Gasteiger partial charge in [-0.05, 0) is 40.1 Å². The Morgan fingerprint density at radius 1 is 1.15 bits per heavy atom. The van der Waals surface area contributed by atoms with E-state index in [1.54, 1.807) is 17.5 Å². The number of nitrogens with one attached hydrogen (secondary N) is 2. The summed E-state index contributed by atoms with van der Waals surface area (Å²) >= 11 is 1.28. The largest absolute Gasteiger partial charge is 0.369 e. The summed E-state index contributed by atoms with van der Waals surface area (Å²) in [5, 5.41) is 20.2. The minimum absolute atomic E-state index is 0.113. The number of non-ortho nitro benzene ring substituents is 1. The summed E-state index contributed by atoms with van der Waals surface area (Å²) in [5.74, 6) is -1.38. The van der Waals surface area contributed by atoms with E-state index in [-0.39, 0.29) is 11.3 Å². The fourth-order valence-corrected chi connectivity index (χ4v) is 2.68. The van der Waals surface area contributed by atoms with Gasteiger partial charge in [-0.25, -0.2) is 4.79 Å². The lowest BCUT2D eigenvalue weighted by Crippen LogP contribution is -2.44. The van der Waals surface area contributed by atoms with Crippen LogP contribution in [0.2, 0.25) is 0 Å². The van der Waals surface area contributed by atoms with Crippen LogP contribution in [0.4, 0.5) is 5.69 Å². The fraction of sp³-hybridized carbons (Fsp3) is 0.0714. The number of thiophene rings is 1. The smallest absolute Gasteiger partial charge is 0.271 e. The SMILES string of the molecule is O=C(Cn1nnn(-c2cccs2)c1=O)NNC(=O)c1ccc([N+](=O)[O-])cc1. The fourth-order valence-electron chi connectivity index (χ4n) is 2.01. The molecule has 3 rings (SSSR count). The molecule has 0 saturated carbocycles. The first kappa shape index (κ1) is 17.9. The van der Waals surface area contributed by atoms with Crippen LogP contribution in [0.15, 0.2) is 46.6 Å². The number of carbonyl (C=O) groups excluding carboxylic acids is 2. The van der Waals surface area contributed by atoms with Gasteiger partial charge in [0.05, 0.1) is 4.92 Å². The Hall–Kier alpha value is -3.87. The van der Waals surface area contributed by atoms with Crippen molar-refractivity contribution in [2.75, 3.05) is 0 Å². The quantitative estimate of drug-likeness (QED) is 0.455. The van der Waals surface area contributed by atoms with E-state index < -0.39 is 29.0 Å². The third-order valence-corrected chi connectivity index (χ3v) is 4.15. The van der Waals surface area contributed by atoms with Gasteiger partial charge in [-0.1, -0.05) is 0 Å². The number of rotatable bonds is 5. The number of hydrogen-bond donors (Lipinski definition) is 2. The molecule has 27 heavy (non-hydrogen) atoms. The molecule has 2 heterocycles. The van der Waals surface area contributed by atoms with Crippen LogP contribution >= 0.6 is 11.3 Å². The number of nitrogens with zero attached hydrogens (tertiary/aromatic N) is 5. The Bertz CT molecular complexity index is 1040. The Balaban J connectivity index is 1.58. The average molecular weight is 389 g/mol. The number of hydrogen-bond acceptors (Lipinski definition) is 8. The van der Waals surface area contributed by atoms with Crippen molar-refractivity contribution >= 4 is 28.8 Å². The third kappa shape index (κ3) is 4.04. The molecule has 12 nitrogen and oxygen atoms in total. The Labute approximate surface area is 154 Å². The van der Waals surface area contributed by atoms with Crippen LogP contribution in [0.25, 0.3) is 5.00 Å². The minimum atomic E-state index is -0.703. The zero-order chi connectivity index (χ0) is 19.4. The van der Waals surface area contributed by atoms with Crippen LogP contribution in [0.3, 0.4) is 0 Å². The van der Waals surface area contributed by atoms with Gasteiger partial charge in [0.2, 0.25) is 0 Å². The number of carbonyl (C=O) groups is 2. The molecule has 0 spiro atoms. The molecule has 0 bridgehead atoms. The van der Waals surface area contributed by atoms with Gasteiger partial charge in [0.1, 0.15) is 11.5 Å². The molecule has 2 N–H and O–H groups in total. The lowest BCUT2D eigenvalue weighted by molar-refractivity contribution is -0.384. The van der Waals surface area contributed by atoms with E-state index in [0.29, 0.717) is 5.00 Å². The molecule has 0 fully saturated rings. The molecule has 2 amide bonds. The van der Waals surface area contributed by atoms with Gasteiger partial charge < -0.3 is 0 Å². The molecule has 0 saturated heterocycles. The monoisotopic (exact) mass is 389 g/mol. The maximum absolute atomic E-state index is 12.1. The molecule has 13 heteroatoms. The summed E-state index contributed by atoms with van der Waals surface area (Å²) in [4.78, 5) is 45.9. The molecular weight excluding hydrogens is 378 g/mol. The molecule has 0 radical (unpaired) electrons. The first-order valence-electron chi connectivity index (χ1n) is 7.36. The standard InChI is InChI=1S/C14H11N7O5S/c22-11(8-19-14(24)20(18-17-19)12-2-1-7-27-12)15-16-13(23)9-3-5-10(6-4-9)21(25)26/h1-7H,8H2,(H,15,22)(H,16,23). The molecular formula is C14H11N7O5S. The number of aromatic nitrogens is 4. The topological polar surface area (TPSA) is 154 Å². The van der Waals surface area contributed by atoms with Crippen LogP contribution < -0.4 is 16.5 Å². The zero-order valence-electron chi connectivity index (χ0n) is 13.4. The Kier molecular flexibility index (Phi) is 5.03. The molecule has 1 aromatic carbocycles. The van der Waals surface area contributed by atoms with Gasteiger partial charge in [0.25, 0.3) is 17.5 Å². The van der Waals surface area contributed by atoms with E-state index in [0.717, 1.165) is 9.36 Å². The molecule has 0 aliphatic heterocycles. The van der Waals surface area contributed by atoms with Crippen molar-refractivity contribution in [1.82, 2.24) is 30.6 Å². The summed E-state index contributed by atoms with van der Waals surface area (Å²) in [7, 11) is 0. The second-order valence-electron chi connectivity index (χ2n) is 5.09. The van der Waals surface area contributed by atoms with Crippen LogP contribution in [0, 0.1) is 10.1 Å². The molecule has 0 atom stereocenters. The van der Waals surface area contributed by atoms with Gasteiger partial charge >= 0.3 is 5.69 Å². The highest BCUT2D eigenvalue weighted by atomic mass is 32.1. The van der Waals surface area contributed by atoms with E-state index in [1.807, 2.05) is 0 Å². The lowest BCUT2D eigenvalue weighted by Gasteiger charge is -2.06. The second kappa shape index (κ2) is 7.57.